The van der Waals surface area contributed by atoms with Gasteiger partial charge < -0.3 is 10.2 Å². The summed E-state index contributed by atoms with van der Waals surface area (Å²) in [6, 6.07) is 2.20. The second-order valence-corrected chi connectivity index (χ2v) is 4.85. The van der Waals surface area contributed by atoms with Gasteiger partial charge in [0, 0.05) is 32.4 Å². The third-order valence-corrected chi connectivity index (χ3v) is 3.56. The van der Waals surface area contributed by atoms with Gasteiger partial charge in [0.05, 0.1) is 16.1 Å². The first-order valence-corrected chi connectivity index (χ1v) is 6.44. The van der Waals surface area contributed by atoms with Crippen LogP contribution in [0.2, 0.25) is 5.02 Å². The van der Waals surface area contributed by atoms with E-state index in [9.17, 15) is 8.78 Å². The highest BCUT2D eigenvalue weighted by Crippen LogP contribution is 2.35. The maximum Gasteiger partial charge on any atom is 0.149 e. The minimum atomic E-state index is -0.538. The number of pyridine rings is 1. The highest BCUT2D eigenvalue weighted by atomic mass is 35.5. The SMILES string of the molecule is Cl.Fc1ccc(F)c2c(N3CCNCC3)c(Cl)cnc12. The van der Waals surface area contributed by atoms with E-state index in [1.165, 1.54) is 6.20 Å². The number of hydrogen-bond acceptors (Lipinski definition) is 3. The Kier molecular flexibility index (Phi) is 4.62. The maximum atomic E-state index is 14.1. The monoisotopic (exact) mass is 319 g/mol. The Hall–Kier alpha value is -1.17. The molecule has 3 rings (SSSR count). The first kappa shape index (κ1) is 15.2. The molecule has 1 saturated heterocycles. The molecule has 1 aromatic heterocycles. The third-order valence-electron chi connectivity index (χ3n) is 3.28. The Balaban J connectivity index is 0.00000147. The number of piperazine rings is 1. The van der Waals surface area contributed by atoms with Gasteiger partial charge in [-0.15, -0.1) is 12.4 Å². The molecule has 1 aliphatic rings. The van der Waals surface area contributed by atoms with Crippen molar-refractivity contribution in [2.45, 2.75) is 0 Å². The van der Waals surface area contributed by atoms with E-state index in [2.05, 4.69) is 10.3 Å². The fourth-order valence-electron chi connectivity index (χ4n) is 2.39. The highest BCUT2D eigenvalue weighted by molar-refractivity contribution is 6.34. The van der Waals surface area contributed by atoms with Crippen molar-refractivity contribution in [3.05, 3.63) is 35.0 Å². The highest BCUT2D eigenvalue weighted by Gasteiger charge is 2.21. The maximum absolute atomic E-state index is 14.1. The van der Waals surface area contributed by atoms with Gasteiger partial charge in [-0.1, -0.05) is 11.6 Å². The summed E-state index contributed by atoms with van der Waals surface area (Å²) in [7, 11) is 0. The summed E-state index contributed by atoms with van der Waals surface area (Å²) in [5.74, 6) is -1.04. The number of halogens is 4. The molecular formula is C13H13Cl2F2N3. The molecule has 0 aliphatic carbocycles. The summed E-state index contributed by atoms with van der Waals surface area (Å²) in [5.41, 5.74) is 0.558. The van der Waals surface area contributed by atoms with E-state index in [4.69, 9.17) is 11.6 Å². The minimum absolute atomic E-state index is 0. The zero-order valence-electron chi connectivity index (χ0n) is 10.5. The molecule has 0 spiro atoms. The van der Waals surface area contributed by atoms with Crippen LogP contribution in [0.3, 0.4) is 0 Å². The third kappa shape index (κ3) is 2.53. The van der Waals surface area contributed by atoms with E-state index in [1.54, 1.807) is 0 Å². The molecule has 0 radical (unpaired) electrons. The van der Waals surface area contributed by atoms with Gasteiger partial charge in [0.1, 0.15) is 17.2 Å². The molecular weight excluding hydrogens is 307 g/mol. The zero-order chi connectivity index (χ0) is 13.4. The molecule has 0 bridgehead atoms. The summed E-state index contributed by atoms with van der Waals surface area (Å²) in [6.07, 6.45) is 1.38. The number of aromatic nitrogens is 1. The van der Waals surface area contributed by atoms with E-state index >= 15 is 0 Å². The predicted octanol–water partition coefficient (Wildman–Crippen LogP) is 3.00. The van der Waals surface area contributed by atoms with Gasteiger partial charge in [-0.25, -0.2) is 8.78 Å². The summed E-state index contributed by atoms with van der Waals surface area (Å²) >= 11 is 6.15. The fourth-order valence-corrected chi connectivity index (χ4v) is 2.65. The van der Waals surface area contributed by atoms with Crippen molar-refractivity contribution in [2.24, 2.45) is 0 Å². The molecule has 0 atom stereocenters. The zero-order valence-corrected chi connectivity index (χ0v) is 12.1. The predicted molar refractivity (Wildman–Crippen MR) is 79.0 cm³/mol. The van der Waals surface area contributed by atoms with Crippen molar-refractivity contribution in [2.75, 3.05) is 31.1 Å². The van der Waals surface area contributed by atoms with Crippen LogP contribution in [0.25, 0.3) is 10.9 Å². The lowest BCUT2D eigenvalue weighted by Gasteiger charge is -2.31. The Morgan fingerprint density at radius 2 is 1.80 bits per heavy atom. The van der Waals surface area contributed by atoms with Crippen LogP contribution in [-0.4, -0.2) is 31.2 Å². The Morgan fingerprint density at radius 1 is 1.15 bits per heavy atom. The molecule has 108 valence electrons. The second kappa shape index (κ2) is 6.08. The van der Waals surface area contributed by atoms with Gasteiger partial charge in [0.2, 0.25) is 0 Å². The molecule has 2 aromatic rings. The van der Waals surface area contributed by atoms with E-state index in [0.29, 0.717) is 23.8 Å². The topological polar surface area (TPSA) is 28.2 Å². The van der Waals surface area contributed by atoms with Crippen LogP contribution < -0.4 is 10.2 Å². The molecule has 3 nitrogen and oxygen atoms in total. The van der Waals surface area contributed by atoms with Crippen LogP contribution in [0.1, 0.15) is 0 Å². The fraction of sp³-hybridized carbons (Fsp3) is 0.308. The minimum Gasteiger partial charge on any atom is -0.367 e. The Bertz CT molecular complexity index is 631. The number of nitrogens with zero attached hydrogens (tertiary/aromatic N) is 2. The first-order valence-electron chi connectivity index (χ1n) is 6.06. The Labute approximate surface area is 126 Å². The molecule has 0 saturated carbocycles. The average molecular weight is 320 g/mol. The lowest BCUT2D eigenvalue weighted by Crippen LogP contribution is -2.43. The van der Waals surface area contributed by atoms with Crippen molar-refractivity contribution < 1.29 is 8.78 Å². The molecule has 20 heavy (non-hydrogen) atoms. The summed E-state index contributed by atoms with van der Waals surface area (Å²) < 4.78 is 27.8. The van der Waals surface area contributed by atoms with Gasteiger partial charge in [-0.3, -0.25) is 4.98 Å². The number of anilines is 1. The van der Waals surface area contributed by atoms with Crippen LogP contribution in [0.4, 0.5) is 14.5 Å². The van der Waals surface area contributed by atoms with Crippen LogP contribution >= 0.6 is 24.0 Å². The molecule has 1 fully saturated rings. The van der Waals surface area contributed by atoms with Crippen LogP contribution in [0.15, 0.2) is 18.3 Å². The lowest BCUT2D eigenvalue weighted by atomic mass is 10.1. The van der Waals surface area contributed by atoms with E-state index < -0.39 is 11.6 Å². The van der Waals surface area contributed by atoms with E-state index in [0.717, 1.165) is 25.2 Å². The van der Waals surface area contributed by atoms with Gasteiger partial charge in [-0.05, 0) is 12.1 Å². The molecule has 1 N–H and O–H groups in total. The number of fused-ring (bicyclic) bond motifs is 1. The summed E-state index contributed by atoms with van der Waals surface area (Å²) in [5, 5.41) is 3.72. The number of nitrogens with one attached hydrogen (secondary N) is 1. The molecule has 0 amide bonds. The van der Waals surface area contributed by atoms with Gasteiger partial charge in [0.25, 0.3) is 0 Å². The molecule has 1 aliphatic heterocycles. The number of benzene rings is 1. The lowest BCUT2D eigenvalue weighted by molar-refractivity contribution is 0.587. The van der Waals surface area contributed by atoms with Crippen LogP contribution in [0, 0.1) is 11.6 Å². The summed E-state index contributed by atoms with van der Waals surface area (Å²) in [4.78, 5) is 5.87. The van der Waals surface area contributed by atoms with Gasteiger partial charge in [0.15, 0.2) is 0 Å². The molecule has 1 aromatic carbocycles. The van der Waals surface area contributed by atoms with Crippen molar-refractivity contribution in [1.29, 1.82) is 0 Å². The Morgan fingerprint density at radius 3 is 2.50 bits per heavy atom. The molecule has 7 heteroatoms. The standard InChI is InChI=1S/C13H12ClF2N3.ClH/c14-8-7-18-12-10(16)2-1-9(15)11(12)13(8)19-5-3-17-4-6-19;/h1-2,7,17H,3-6H2;1H. The normalized spacial score (nSPS) is 15.2. The number of hydrogen-bond donors (Lipinski definition) is 1. The summed E-state index contributed by atoms with van der Waals surface area (Å²) in [6.45, 7) is 2.98. The van der Waals surface area contributed by atoms with Crippen molar-refractivity contribution in [1.82, 2.24) is 10.3 Å². The number of rotatable bonds is 1. The van der Waals surface area contributed by atoms with Crippen molar-refractivity contribution in [3.63, 3.8) is 0 Å². The van der Waals surface area contributed by atoms with Gasteiger partial charge >= 0.3 is 0 Å². The van der Waals surface area contributed by atoms with Crippen molar-refractivity contribution in [3.8, 4) is 0 Å². The van der Waals surface area contributed by atoms with E-state index in [-0.39, 0.29) is 23.3 Å². The first-order chi connectivity index (χ1) is 9.18. The van der Waals surface area contributed by atoms with Crippen molar-refractivity contribution >= 4 is 40.6 Å². The van der Waals surface area contributed by atoms with E-state index in [1.807, 2.05) is 4.90 Å². The quantitative estimate of drug-likeness (QED) is 0.875. The molecule has 0 unspecified atom stereocenters. The smallest absolute Gasteiger partial charge is 0.149 e. The van der Waals surface area contributed by atoms with Crippen LogP contribution in [0.5, 0.6) is 0 Å². The average Bonchev–Trinajstić information content (AvgIpc) is 2.44. The second-order valence-electron chi connectivity index (χ2n) is 4.44. The van der Waals surface area contributed by atoms with Crippen LogP contribution in [-0.2, 0) is 0 Å². The largest absolute Gasteiger partial charge is 0.367 e. The van der Waals surface area contributed by atoms with Gasteiger partial charge in [-0.2, -0.15) is 0 Å². The molecule has 2 heterocycles.